The number of nitrogens with two attached hydrogens (primary N) is 1. The maximum atomic E-state index is 13.8. The van der Waals surface area contributed by atoms with E-state index in [9.17, 15) is 10.1 Å². The average molecular weight is 464 g/mol. The van der Waals surface area contributed by atoms with Crippen molar-refractivity contribution in [2.24, 2.45) is 5.73 Å². The van der Waals surface area contributed by atoms with E-state index in [4.69, 9.17) is 31.5 Å². The van der Waals surface area contributed by atoms with Crippen LogP contribution in [0.2, 0.25) is 5.02 Å². The molecule has 7 nitrogen and oxygen atoms in total. The van der Waals surface area contributed by atoms with E-state index in [-0.39, 0.29) is 17.0 Å². The first-order valence-electron chi connectivity index (χ1n) is 10.2. The Bertz CT molecular complexity index is 1350. The van der Waals surface area contributed by atoms with Crippen molar-refractivity contribution in [3.63, 3.8) is 0 Å². The number of benzene rings is 2. The van der Waals surface area contributed by atoms with Crippen molar-refractivity contribution < 1.29 is 14.2 Å². The fourth-order valence-electron chi connectivity index (χ4n) is 4.03. The first-order valence-corrected chi connectivity index (χ1v) is 10.5. The highest BCUT2D eigenvalue weighted by molar-refractivity contribution is 6.30. The second-order valence-electron chi connectivity index (χ2n) is 7.62. The molecule has 4 rings (SSSR count). The number of ether oxygens (including phenoxy) is 3. The fourth-order valence-corrected chi connectivity index (χ4v) is 4.16. The minimum Gasteiger partial charge on any atom is -0.493 e. The van der Waals surface area contributed by atoms with Gasteiger partial charge in [0.15, 0.2) is 11.5 Å². The highest BCUT2D eigenvalue weighted by Gasteiger charge is 2.34. The van der Waals surface area contributed by atoms with Crippen LogP contribution in [0.1, 0.15) is 28.3 Å². The minimum atomic E-state index is -0.666. The van der Waals surface area contributed by atoms with E-state index >= 15 is 0 Å². The molecule has 2 N–H and O–H groups in total. The van der Waals surface area contributed by atoms with Crippen molar-refractivity contribution in [1.29, 1.82) is 5.26 Å². The Labute approximate surface area is 196 Å². The molecular formula is C25H22ClN3O4. The number of nitriles is 1. The minimum absolute atomic E-state index is 0.0126. The van der Waals surface area contributed by atoms with Gasteiger partial charge in [-0.15, -0.1) is 0 Å². The van der Waals surface area contributed by atoms with Crippen molar-refractivity contribution >= 4 is 11.6 Å². The summed E-state index contributed by atoms with van der Waals surface area (Å²) in [5.41, 5.74) is 8.60. The van der Waals surface area contributed by atoms with E-state index in [0.717, 1.165) is 11.1 Å². The highest BCUT2D eigenvalue weighted by atomic mass is 35.5. The number of fused-ring (bicyclic) bond motifs is 1. The molecule has 2 aromatic carbocycles. The summed E-state index contributed by atoms with van der Waals surface area (Å²) in [7, 11) is 3.13. The van der Waals surface area contributed by atoms with Crippen LogP contribution < -0.4 is 25.5 Å². The molecule has 8 heteroatoms. The number of methoxy groups -OCH3 is 2. The SMILES string of the molecule is COc1ccc(Cn2c(C)cc3c(c2=O)[C@H](c2ccc(Cl)cc2)C(C#N)=C(N)O3)cc1OC. The highest BCUT2D eigenvalue weighted by Crippen LogP contribution is 2.40. The Morgan fingerprint density at radius 1 is 1.12 bits per heavy atom. The van der Waals surface area contributed by atoms with Crippen molar-refractivity contribution in [2.75, 3.05) is 14.2 Å². The van der Waals surface area contributed by atoms with Gasteiger partial charge in [-0.3, -0.25) is 4.79 Å². The number of halogens is 1. The molecule has 0 saturated carbocycles. The number of allylic oxidation sites excluding steroid dienone is 1. The Balaban J connectivity index is 1.87. The quantitative estimate of drug-likeness (QED) is 0.611. The van der Waals surface area contributed by atoms with Crippen molar-refractivity contribution in [2.45, 2.75) is 19.4 Å². The molecule has 1 aliphatic rings. The maximum Gasteiger partial charge on any atom is 0.259 e. The second kappa shape index (κ2) is 8.93. The van der Waals surface area contributed by atoms with E-state index < -0.39 is 5.92 Å². The molecule has 1 aromatic heterocycles. The number of hydrogen-bond donors (Lipinski definition) is 1. The molecule has 0 radical (unpaired) electrons. The molecule has 2 heterocycles. The molecule has 0 amide bonds. The summed E-state index contributed by atoms with van der Waals surface area (Å²) in [5, 5.41) is 10.4. The third kappa shape index (κ3) is 4.01. The van der Waals surface area contributed by atoms with Gasteiger partial charge in [0.05, 0.1) is 32.2 Å². The van der Waals surface area contributed by atoms with Crippen LogP contribution in [0.15, 0.2) is 64.8 Å². The van der Waals surface area contributed by atoms with Crippen LogP contribution in [-0.4, -0.2) is 18.8 Å². The van der Waals surface area contributed by atoms with Crippen molar-refractivity contribution in [3.8, 4) is 23.3 Å². The number of rotatable bonds is 5. The zero-order valence-corrected chi connectivity index (χ0v) is 19.1. The molecule has 0 bridgehead atoms. The lowest BCUT2D eigenvalue weighted by Gasteiger charge is -2.27. The molecule has 0 saturated heterocycles. The van der Waals surface area contributed by atoms with Gasteiger partial charge in [0.2, 0.25) is 5.88 Å². The first-order chi connectivity index (χ1) is 15.9. The molecule has 0 aliphatic carbocycles. The third-order valence-corrected chi connectivity index (χ3v) is 5.93. The molecule has 1 atom stereocenters. The summed E-state index contributed by atoms with van der Waals surface area (Å²) in [6.45, 7) is 2.12. The summed E-state index contributed by atoms with van der Waals surface area (Å²) in [5.74, 6) is 0.842. The van der Waals surface area contributed by atoms with Crippen LogP contribution >= 0.6 is 11.6 Å². The zero-order chi connectivity index (χ0) is 23.7. The third-order valence-electron chi connectivity index (χ3n) is 5.68. The molecule has 0 spiro atoms. The summed E-state index contributed by atoms with van der Waals surface area (Å²) >= 11 is 6.05. The van der Waals surface area contributed by atoms with Gasteiger partial charge < -0.3 is 24.5 Å². The first kappa shape index (κ1) is 22.3. The van der Waals surface area contributed by atoms with Gasteiger partial charge in [0.1, 0.15) is 17.4 Å². The molecule has 168 valence electrons. The van der Waals surface area contributed by atoms with Crippen LogP contribution in [0.25, 0.3) is 0 Å². The molecule has 0 fully saturated rings. The lowest BCUT2D eigenvalue weighted by Crippen LogP contribution is -2.33. The van der Waals surface area contributed by atoms with Gasteiger partial charge in [0, 0.05) is 16.8 Å². The van der Waals surface area contributed by atoms with E-state index in [1.54, 1.807) is 55.2 Å². The van der Waals surface area contributed by atoms with Crippen LogP contribution in [0.4, 0.5) is 0 Å². The van der Waals surface area contributed by atoms with Crippen molar-refractivity contribution in [3.05, 3.63) is 97.7 Å². The topological polar surface area (TPSA) is 99.5 Å². The fraction of sp³-hybridized carbons (Fsp3) is 0.200. The van der Waals surface area contributed by atoms with E-state index in [1.165, 1.54) is 0 Å². The lowest BCUT2D eigenvalue weighted by molar-refractivity contribution is 0.354. The largest absolute Gasteiger partial charge is 0.493 e. The van der Waals surface area contributed by atoms with Crippen LogP contribution in [0.3, 0.4) is 0 Å². The molecule has 1 aliphatic heterocycles. The van der Waals surface area contributed by atoms with E-state index in [2.05, 4.69) is 6.07 Å². The Morgan fingerprint density at radius 2 is 1.82 bits per heavy atom. The van der Waals surface area contributed by atoms with Gasteiger partial charge in [-0.25, -0.2) is 0 Å². The van der Waals surface area contributed by atoms with Gasteiger partial charge in [-0.2, -0.15) is 5.26 Å². The lowest BCUT2D eigenvalue weighted by atomic mass is 9.84. The Kier molecular flexibility index (Phi) is 6.03. The zero-order valence-electron chi connectivity index (χ0n) is 18.4. The summed E-state index contributed by atoms with van der Waals surface area (Å²) in [6, 6.07) is 16.4. The smallest absolute Gasteiger partial charge is 0.259 e. The standard InChI is InChI=1S/C25H22ClN3O4/c1-14-10-21-23(22(18(12-27)24(28)33-21)16-5-7-17(26)8-6-16)25(30)29(14)13-15-4-9-19(31-2)20(11-15)32-3/h4-11,22H,13,28H2,1-3H3/t22-/m1/s1. The molecule has 3 aromatic rings. The predicted octanol–water partition coefficient (Wildman–Crippen LogP) is 4.09. The summed E-state index contributed by atoms with van der Waals surface area (Å²) < 4.78 is 18.0. The van der Waals surface area contributed by atoms with E-state index in [0.29, 0.717) is 40.1 Å². The monoisotopic (exact) mass is 463 g/mol. The Hall–Kier alpha value is -3.89. The van der Waals surface area contributed by atoms with Crippen LogP contribution in [-0.2, 0) is 6.54 Å². The van der Waals surface area contributed by atoms with Gasteiger partial charge in [-0.1, -0.05) is 29.8 Å². The van der Waals surface area contributed by atoms with Gasteiger partial charge >= 0.3 is 0 Å². The Morgan fingerprint density at radius 3 is 2.45 bits per heavy atom. The van der Waals surface area contributed by atoms with Gasteiger partial charge in [0.25, 0.3) is 5.56 Å². The maximum absolute atomic E-state index is 13.8. The van der Waals surface area contributed by atoms with Gasteiger partial charge in [-0.05, 0) is 42.3 Å². The number of aryl methyl sites for hydroxylation is 1. The number of nitrogens with zero attached hydrogens (tertiary/aromatic N) is 2. The number of pyridine rings is 1. The average Bonchev–Trinajstić information content (AvgIpc) is 2.81. The summed E-state index contributed by atoms with van der Waals surface area (Å²) in [6.07, 6.45) is 0. The number of hydrogen-bond acceptors (Lipinski definition) is 6. The molecular weight excluding hydrogens is 442 g/mol. The van der Waals surface area contributed by atoms with Crippen LogP contribution in [0.5, 0.6) is 17.2 Å². The van der Waals surface area contributed by atoms with Crippen molar-refractivity contribution in [1.82, 2.24) is 4.57 Å². The van der Waals surface area contributed by atoms with E-state index in [1.807, 2.05) is 19.1 Å². The summed E-state index contributed by atoms with van der Waals surface area (Å²) in [4.78, 5) is 13.8. The van der Waals surface area contributed by atoms with Crippen LogP contribution in [0, 0.1) is 18.3 Å². The number of aromatic nitrogens is 1. The molecule has 0 unspecified atom stereocenters. The second-order valence-corrected chi connectivity index (χ2v) is 8.06. The molecule has 33 heavy (non-hydrogen) atoms. The normalized spacial score (nSPS) is 14.8. The predicted molar refractivity (Wildman–Crippen MR) is 125 cm³/mol.